The summed E-state index contributed by atoms with van der Waals surface area (Å²) < 4.78 is 1.90. The minimum atomic E-state index is 0.128. The van der Waals surface area contributed by atoms with E-state index in [0.29, 0.717) is 25.0 Å². The first-order valence-corrected chi connectivity index (χ1v) is 6.23. The van der Waals surface area contributed by atoms with Gasteiger partial charge in [0.1, 0.15) is 5.82 Å². The van der Waals surface area contributed by atoms with Crippen molar-refractivity contribution in [3.05, 3.63) is 12.3 Å². The van der Waals surface area contributed by atoms with Gasteiger partial charge in [-0.25, -0.2) is 0 Å². The van der Waals surface area contributed by atoms with Gasteiger partial charge in [-0.3, -0.25) is 9.48 Å². The van der Waals surface area contributed by atoms with Gasteiger partial charge in [0, 0.05) is 37.3 Å². The van der Waals surface area contributed by atoms with Gasteiger partial charge < -0.3 is 10.6 Å². The van der Waals surface area contributed by atoms with Crippen molar-refractivity contribution in [3.63, 3.8) is 0 Å². The molecule has 0 bridgehead atoms. The molecular weight excluding hydrogens is 216 g/mol. The van der Waals surface area contributed by atoms with Crippen LogP contribution in [0.5, 0.6) is 0 Å². The van der Waals surface area contributed by atoms with Crippen molar-refractivity contribution < 1.29 is 4.79 Å². The first-order chi connectivity index (χ1) is 8.15. The van der Waals surface area contributed by atoms with E-state index >= 15 is 0 Å². The van der Waals surface area contributed by atoms with Gasteiger partial charge in [-0.15, -0.1) is 0 Å². The second-order valence-corrected chi connectivity index (χ2v) is 4.79. The molecule has 1 amide bonds. The number of hydrogen-bond acceptors (Lipinski definition) is 3. The second-order valence-electron chi connectivity index (χ2n) is 4.79. The Morgan fingerprint density at radius 1 is 1.59 bits per heavy atom. The van der Waals surface area contributed by atoms with Crippen LogP contribution < -0.4 is 10.6 Å². The van der Waals surface area contributed by atoms with Crippen LogP contribution in [-0.2, 0) is 4.79 Å². The topological polar surface area (TPSA) is 59.0 Å². The van der Waals surface area contributed by atoms with E-state index in [1.54, 1.807) is 0 Å². The highest BCUT2D eigenvalue weighted by Gasteiger charge is 2.22. The summed E-state index contributed by atoms with van der Waals surface area (Å²) in [4.78, 5) is 11.4. The molecule has 0 aromatic carbocycles. The SMILES string of the molecule is CC(C)n1ccc(NCCC(=O)NC2CC2)n1. The molecule has 1 aliphatic rings. The van der Waals surface area contributed by atoms with Gasteiger partial charge in [0.25, 0.3) is 0 Å². The molecule has 0 atom stereocenters. The van der Waals surface area contributed by atoms with Crippen LogP contribution in [0.4, 0.5) is 5.82 Å². The fourth-order valence-electron chi connectivity index (χ4n) is 1.55. The predicted molar refractivity (Wildman–Crippen MR) is 66.9 cm³/mol. The Labute approximate surface area is 102 Å². The maximum Gasteiger partial charge on any atom is 0.221 e. The van der Waals surface area contributed by atoms with E-state index < -0.39 is 0 Å². The molecule has 0 unspecified atom stereocenters. The summed E-state index contributed by atoms with van der Waals surface area (Å²) in [5.74, 6) is 0.959. The van der Waals surface area contributed by atoms with Crippen LogP contribution in [-0.4, -0.2) is 28.3 Å². The maximum absolute atomic E-state index is 11.4. The van der Waals surface area contributed by atoms with E-state index in [1.807, 2.05) is 16.9 Å². The van der Waals surface area contributed by atoms with Gasteiger partial charge in [0.05, 0.1) is 0 Å². The molecule has 0 saturated heterocycles. The van der Waals surface area contributed by atoms with Gasteiger partial charge in [0.2, 0.25) is 5.91 Å². The molecule has 1 aromatic rings. The van der Waals surface area contributed by atoms with E-state index in [4.69, 9.17) is 0 Å². The van der Waals surface area contributed by atoms with Crippen molar-refractivity contribution in [1.82, 2.24) is 15.1 Å². The molecule has 5 heteroatoms. The zero-order valence-electron chi connectivity index (χ0n) is 10.4. The van der Waals surface area contributed by atoms with Crippen molar-refractivity contribution in [2.45, 2.75) is 45.2 Å². The van der Waals surface area contributed by atoms with Gasteiger partial charge >= 0.3 is 0 Å². The van der Waals surface area contributed by atoms with Crippen molar-refractivity contribution >= 4 is 11.7 Å². The minimum Gasteiger partial charge on any atom is -0.368 e. The molecular formula is C12H20N4O. The predicted octanol–water partition coefficient (Wildman–Crippen LogP) is 1.54. The highest BCUT2D eigenvalue weighted by molar-refractivity contribution is 5.77. The molecule has 1 fully saturated rings. The largest absolute Gasteiger partial charge is 0.368 e. The number of carbonyl (C=O) groups is 1. The van der Waals surface area contributed by atoms with Gasteiger partial charge in [0.15, 0.2) is 0 Å². The Kier molecular flexibility index (Phi) is 3.66. The summed E-state index contributed by atoms with van der Waals surface area (Å²) in [6.45, 7) is 4.80. The van der Waals surface area contributed by atoms with E-state index in [1.165, 1.54) is 0 Å². The van der Waals surface area contributed by atoms with Crippen LogP contribution in [0.1, 0.15) is 39.2 Å². The standard InChI is InChI=1S/C12H20N4O/c1-9(2)16-8-6-11(15-16)13-7-5-12(17)14-10-3-4-10/h6,8-10H,3-5,7H2,1-2H3,(H,13,15)(H,14,17). The summed E-state index contributed by atoms with van der Waals surface area (Å²) in [5, 5.41) is 10.5. The minimum absolute atomic E-state index is 0.128. The van der Waals surface area contributed by atoms with Crippen molar-refractivity contribution in [2.75, 3.05) is 11.9 Å². The number of nitrogens with one attached hydrogen (secondary N) is 2. The molecule has 0 spiro atoms. The molecule has 94 valence electrons. The number of anilines is 1. The first kappa shape index (κ1) is 12.0. The van der Waals surface area contributed by atoms with E-state index in [-0.39, 0.29) is 5.91 Å². The molecule has 2 N–H and O–H groups in total. The molecule has 1 heterocycles. The van der Waals surface area contributed by atoms with Crippen molar-refractivity contribution in [1.29, 1.82) is 0 Å². The number of rotatable bonds is 6. The number of carbonyl (C=O) groups excluding carboxylic acids is 1. The Bertz CT molecular complexity index is 382. The Hall–Kier alpha value is -1.52. The summed E-state index contributed by atoms with van der Waals surface area (Å²) in [7, 11) is 0. The van der Waals surface area contributed by atoms with E-state index in [9.17, 15) is 4.79 Å². The average molecular weight is 236 g/mol. The summed E-state index contributed by atoms with van der Waals surface area (Å²) in [6.07, 6.45) is 4.72. The Morgan fingerprint density at radius 3 is 2.94 bits per heavy atom. The molecule has 17 heavy (non-hydrogen) atoms. The van der Waals surface area contributed by atoms with Gasteiger partial charge in [-0.05, 0) is 26.7 Å². The fraction of sp³-hybridized carbons (Fsp3) is 0.667. The number of aromatic nitrogens is 2. The number of hydrogen-bond donors (Lipinski definition) is 2. The summed E-state index contributed by atoms with van der Waals surface area (Å²) in [5.41, 5.74) is 0. The van der Waals surface area contributed by atoms with Crippen LogP contribution in [0.2, 0.25) is 0 Å². The zero-order chi connectivity index (χ0) is 12.3. The average Bonchev–Trinajstić information content (AvgIpc) is 2.94. The van der Waals surface area contributed by atoms with Crippen molar-refractivity contribution in [2.24, 2.45) is 0 Å². The summed E-state index contributed by atoms with van der Waals surface area (Å²) in [6, 6.07) is 2.74. The maximum atomic E-state index is 11.4. The highest BCUT2D eigenvalue weighted by atomic mass is 16.1. The normalized spacial score (nSPS) is 15.0. The molecule has 0 aliphatic heterocycles. The fourth-order valence-corrected chi connectivity index (χ4v) is 1.55. The van der Waals surface area contributed by atoms with E-state index in [2.05, 4.69) is 29.6 Å². The van der Waals surface area contributed by atoms with Crippen LogP contribution >= 0.6 is 0 Å². The second kappa shape index (κ2) is 5.21. The third-order valence-corrected chi connectivity index (χ3v) is 2.74. The quantitative estimate of drug-likeness (QED) is 0.787. The Morgan fingerprint density at radius 2 is 2.35 bits per heavy atom. The number of nitrogens with zero attached hydrogens (tertiary/aromatic N) is 2. The monoisotopic (exact) mass is 236 g/mol. The molecule has 1 saturated carbocycles. The Balaban J connectivity index is 1.67. The van der Waals surface area contributed by atoms with Crippen LogP contribution in [0.3, 0.4) is 0 Å². The molecule has 2 rings (SSSR count). The lowest BCUT2D eigenvalue weighted by molar-refractivity contribution is -0.120. The lowest BCUT2D eigenvalue weighted by atomic mass is 10.4. The highest BCUT2D eigenvalue weighted by Crippen LogP contribution is 2.18. The molecule has 1 aromatic heterocycles. The van der Waals surface area contributed by atoms with Crippen LogP contribution in [0.25, 0.3) is 0 Å². The molecule has 0 radical (unpaired) electrons. The van der Waals surface area contributed by atoms with Crippen LogP contribution in [0, 0.1) is 0 Å². The van der Waals surface area contributed by atoms with Crippen LogP contribution in [0.15, 0.2) is 12.3 Å². The zero-order valence-corrected chi connectivity index (χ0v) is 10.4. The van der Waals surface area contributed by atoms with E-state index in [0.717, 1.165) is 18.7 Å². The molecule has 1 aliphatic carbocycles. The van der Waals surface area contributed by atoms with Gasteiger partial charge in [-0.1, -0.05) is 0 Å². The third-order valence-electron chi connectivity index (χ3n) is 2.74. The number of amides is 1. The summed E-state index contributed by atoms with van der Waals surface area (Å²) >= 11 is 0. The third kappa shape index (κ3) is 3.76. The molecule has 5 nitrogen and oxygen atoms in total. The van der Waals surface area contributed by atoms with Gasteiger partial charge in [-0.2, -0.15) is 5.10 Å². The first-order valence-electron chi connectivity index (χ1n) is 6.23. The smallest absolute Gasteiger partial charge is 0.221 e. The lowest BCUT2D eigenvalue weighted by Crippen LogP contribution is -2.27. The lowest BCUT2D eigenvalue weighted by Gasteiger charge is -2.05. The van der Waals surface area contributed by atoms with Crippen molar-refractivity contribution in [3.8, 4) is 0 Å².